The molecule has 2 aromatic heterocycles. The Hall–Kier alpha value is -2.09. The number of aromatic nitrogens is 2. The van der Waals surface area contributed by atoms with Gasteiger partial charge in [-0.25, -0.2) is 4.98 Å². The van der Waals surface area contributed by atoms with Crippen molar-refractivity contribution in [2.45, 2.75) is 13.0 Å². The van der Waals surface area contributed by atoms with E-state index in [1.165, 1.54) is 11.3 Å². The maximum Gasteiger partial charge on any atom is 0.279 e. The molecule has 0 aliphatic heterocycles. The molecule has 0 amide bonds. The van der Waals surface area contributed by atoms with Crippen molar-refractivity contribution in [3.63, 3.8) is 0 Å². The van der Waals surface area contributed by atoms with E-state index < -0.39 is 0 Å². The molecule has 1 aromatic carbocycles. The van der Waals surface area contributed by atoms with E-state index in [4.69, 9.17) is 31.3 Å². The Kier molecular flexibility index (Phi) is 4.51. The lowest BCUT2D eigenvalue weighted by molar-refractivity contribution is 0.369. The Morgan fingerprint density at radius 2 is 2.17 bits per heavy atom. The molecule has 8 heteroatoms. The first-order valence-corrected chi connectivity index (χ1v) is 7.96. The second kappa shape index (κ2) is 6.57. The fraction of sp³-hybridized carbons (Fsp3) is 0.200. The van der Waals surface area contributed by atoms with Gasteiger partial charge in [-0.15, -0.1) is 0 Å². The number of nitrogens with two attached hydrogens (primary N) is 1. The summed E-state index contributed by atoms with van der Waals surface area (Å²) in [5, 5.41) is 4.89. The normalized spacial score (nSPS) is 12.2. The summed E-state index contributed by atoms with van der Waals surface area (Å²) in [5.41, 5.74) is 6.43. The molecule has 0 spiro atoms. The van der Waals surface area contributed by atoms with Crippen LogP contribution in [-0.4, -0.2) is 17.3 Å². The van der Waals surface area contributed by atoms with Crippen LogP contribution < -0.4 is 15.2 Å². The van der Waals surface area contributed by atoms with E-state index in [0.29, 0.717) is 33.2 Å². The summed E-state index contributed by atoms with van der Waals surface area (Å²) in [5.74, 6) is 1.78. The standard InChI is InChI=1S/C15H14ClN3O3S/c1-8(17)13-6-11(19-22-13)14-7-18-15(23-14)21-12-4-3-9(20-2)5-10(12)16/h3-8H,17H2,1-2H3. The average molecular weight is 352 g/mol. The molecule has 0 saturated carbocycles. The van der Waals surface area contributed by atoms with E-state index in [9.17, 15) is 0 Å². The van der Waals surface area contributed by atoms with Gasteiger partial charge in [0.05, 0.1) is 29.2 Å². The van der Waals surface area contributed by atoms with Crippen molar-refractivity contribution in [2.75, 3.05) is 7.11 Å². The van der Waals surface area contributed by atoms with Crippen molar-refractivity contribution in [3.8, 4) is 27.3 Å². The third kappa shape index (κ3) is 3.47. The van der Waals surface area contributed by atoms with Crippen LogP contribution in [0.4, 0.5) is 0 Å². The van der Waals surface area contributed by atoms with Crippen LogP contribution in [0.5, 0.6) is 16.7 Å². The van der Waals surface area contributed by atoms with Crippen molar-refractivity contribution in [1.29, 1.82) is 0 Å². The number of rotatable bonds is 5. The van der Waals surface area contributed by atoms with E-state index in [1.807, 2.05) is 6.92 Å². The van der Waals surface area contributed by atoms with Crippen molar-refractivity contribution < 1.29 is 14.0 Å². The van der Waals surface area contributed by atoms with E-state index in [0.717, 1.165) is 4.88 Å². The summed E-state index contributed by atoms with van der Waals surface area (Å²) in [4.78, 5) is 5.04. The van der Waals surface area contributed by atoms with Gasteiger partial charge in [0.15, 0.2) is 5.76 Å². The first kappa shape index (κ1) is 15.8. The monoisotopic (exact) mass is 351 g/mol. The van der Waals surface area contributed by atoms with Crippen LogP contribution in [0.2, 0.25) is 5.02 Å². The van der Waals surface area contributed by atoms with Crippen LogP contribution in [0.15, 0.2) is 35.0 Å². The van der Waals surface area contributed by atoms with E-state index in [1.54, 1.807) is 37.6 Å². The Bertz CT molecular complexity index is 816. The fourth-order valence-electron chi connectivity index (χ4n) is 1.83. The van der Waals surface area contributed by atoms with Gasteiger partial charge in [0.1, 0.15) is 17.2 Å². The van der Waals surface area contributed by atoms with Gasteiger partial charge in [-0.3, -0.25) is 0 Å². The quantitative estimate of drug-likeness (QED) is 0.738. The second-order valence-corrected chi connectivity index (χ2v) is 6.19. The molecule has 1 atom stereocenters. The highest BCUT2D eigenvalue weighted by Crippen LogP contribution is 2.36. The van der Waals surface area contributed by atoms with Gasteiger partial charge in [0.2, 0.25) is 0 Å². The molecule has 2 N–H and O–H groups in total. The summed E-state index contributed by atoms with van der Waals surface area (Å²) >= 11 is 7.49. The predicted octanol–water partition coefficient (Wildman–Crippen LogP) is 4.27. The number of methoxy groups -OCH3 is 1. The van der Waals surface area contributed by atoms with Crippen LogP contribution in [0, 0.1) is 0 Å². The molecule has 120 valence electrons. The first-order chi connectivity index (χ1) is 11.1. The molecule has 6 nitrogen and oxygen atoms in total. The highest BCUT2D eigenvalue weighted by molar-refractivity contribution is 7.16. The van der Waals surface area contributed by atoms with Gasteiger partial charge in [-0.05, 0) is 19.1 Å². The lowest BCUT2D eigenvalue weighted by Gasteiger charge is -2.05. The lowest BCUT2D eigenvalue weighted by Crippen LogP contribution is -2.02. The zero-order chi connectivity index (χ0) is 16.4. The van der Waals surface area contributed by atoms with Crippen LogP contribution in [-0.2, 0) is 0 Å². The molecule has 1 unspecified atom stereocenters. The van der Waals surface area contributed by atoms with Crippen molar-refractivity contribution in [3.05, 3.63) is 41.2 Å². The minimum atomic E-state index is -0.210. The molecule has 23 heavy (non-hydrogen) atoms. The van der Waals surface area contributed by atoms with Gasteiger partial charge in [-0.2, -0.15) is 0 Å². The average Bonchev–Trinajstić information content (AvgIpc) is 3.18. The molecule has 0 radical (unpaired) electrons. The van der Waals surface area contributed by atoms with Crippen LogP contribution >= 0.6 is 22.9 Å². The minimum Gasteiger partial charge on any atom is -0.497 e. The summed E-state index contributed by atoms with van der Waals surface area (Å²) < 4.78 is 16.0. The maximum absolute atomic E-state index is 6.15. The summed E-state index contributed by atoms with van der Waals surface area (Å²) in [7, 11) is 1.58. The Morgan fingerprint density at radius 3 is 2.83 bits per heavy atom. The highest BCUT2D eigenvalue weighted by atomic mass is 35.5. The number of ether oxygens (including phenoxy) is 2. The molecule has 0 aliphatic carbocycles. The number of thiazole rings is 1. The van der Waals surface area contributed by atoms with E-state index >= 15 is 0 Å². The predicted molar refractivity (Wildman–Crippen MR) is 88.3 cm³/mol. The summed E-state index contributed by atoms with van der Waals surface area (Å²) in [6.45, 7) is 1.83. The third-order valence-electron chi connectivity index (χ3n) is 3.05. The molecule has 0 fully saturated rings. The lowest BCUT2D eigenvalue weighted by atomic mass is 10.2. The van der Waals surface area contributed by atoms with E-state index in [-0.39, 0.29) is 6.04 Å². The van der Waals surface area contributed by atoms with Crippen molar-refractivity contribution in [2.24, 2.45) is 5.73 Å². The molecule has 3 rings (SSSR count). The first-order valence-electron chi connectivity index (χ1n) is 6.76. The van der Waals surface area contributed by atoms with Gasteiger partial charge >= 0.3 is 0 Å². The number of halogens is 1. The Balaban J connectivity index is 1.79. The van der Waals surface area contributed by atoms with E-state index in [2.05, 4.69) is 10.1 Å². The topological polar surface area (TPSA) is 83.4 Å². The van der Waals surface area contributed by atoms with Gasteiger partial charge < -0.3 is 19.7 Å². The minimum absolute atomic E-state index is 0.210. The van der Waals surface area contributed by atoms with Crippen LogP contribution in [0.1, 0.15) is 18.7 Å². The number of benzene rings is 1. The SMILES string of the molecule is COc1ccc(Oc2ncc(-c3cc(C(C)N)on3)s2)c(Cl)c1. The maximum atomic E-state index is 6.15. The molecular weight excluding hydrogens is 338 g/mol. The van der Waals surface area contributed by atoms with Gasteiger partial charge in [0.25, 0.3) is 5.19 Å². The number of hydrogen-bond acceptors (Lipinski definition) is 7. The molecule has 2 heterocycles. The zero-order valence-electron chi connectivity index (χ0n) is 12.4. The number of hydrogen-bond donors (Lipinski definition) is 1. The Morgan fingerprint density at radius 1 is 1.35 bits per heavy atom. The zero-order valence-corrected chi connectivity index (χ0v) is 14.0. The molecule has 0 bridgehead atoms. The largest absolute Gasteiger partial charge is 0.497 e. The van der Waals surface area contributed by atoms with Gasteiger partial charge in [-0.1, -0.05) is 28.1 Å². The molecule has 0 aliphatic rings. The molecule has 0 saturated heterocycles. The fourth-order valence-corrected chi connectivity index (χ4v) is 2.77. The van der Waals surface area contributed by atoms with Crippen LogP contribution in [0.3, 0.4) is 0 Å². The molecular formula is C15H14ClN3O3S. The highest BCUT2D eigenvalue weighted by Gasteiger charge is 2.14. The van der Waals surface area contributed by atoms with Crippen molar-refractivity contribution in [1.82, 2.24) is 10.1 Å². The van der Waals surface area contributed by atoms with Crippen LogP contribution in [0.25, 0.3) is 10.6 Å². The number of nitrogens with zero attached hydrogens (tertiary/aromatic N) is 2. The third-order valence-corrected chi connectivity index (χ3v) is 4.24. The molecule has 3 aromatic rings. The van der Waals surface area contributed by atoms with Crippen molar-refractivity contribution >= 4 is 22.9 Å². The smallest absolute Gasteiger partial charge is 0.279 e. The van der Waals surface area contributed by atoms with Gasteiger partial charge in [0, 0.05) is 12.1 Å². The summed E-state index contributed by atoms with van der Waals surface area (Å²) in [6, 6.07) is 6.76. The summed E-state index contributed by atoms with van der Waals surface area (Å²) in [6.07, 6.45) is 1.67. The second-order valence-electron chi connectivity index (χ2n) is 4.79. The Labute approximate surface area is 141 Å².